The number of imide groups is 3. The molecule has 1 saturated heterocycles. The maximum absolute atomic E-state index is 11.0. The largest absolute Gasteiger partial charge is 0.396 e. The van der Waals surface area contributed by atoms with Crippen LogP contribution in [-0.2, 0) is 19.2 Å². The molecular weight excluding hydrogens is 214 g/mol. The average Bonchev–Trinajstić information content (AvgIpc) is 2.50. The first kappa shape index (κ1) is 19.9. The number of amides is 3. The van der Waals surface area contributed by atoms with Crippen LogP contribution in [0.4, 0.5) is 0 Å². The molecule has 6 nitrogen and oxygen atoms in total. The number of carbonyl (C=O) groups excluding carboxylic acids is 4. The molecule has 1 heterocycles. The van der Waals surface area contributed by atoms with Crippen molar-refractivity contribution in [2.75, 3.05) is 6.61 Å². The van der Waals surface area contributed by atoms with E-state index in [1.807, 2.05) is 6.79 Å². The molecule has 6 heteroatoms. The summed E-state index contributed by atoms with van der Waals surface area (Å²) < 4.78 is 0. The molecule has 3 amide bonds. The molecule has 0 aromatic carbocycles. The van der Waals surface area contributed by atoms with Gasteiger partial charge in [-0.05, 0) is 0 Å². The van der Waals surface area contributed by atoms with E-state index in [2.05, 4.69) is 0 Å². The summed E-state index contributed by atoms with van der Waals surface area (Å²) in [6.07, 6.45) is 0.0451. The lowest BCUT2D eigenvalue weighted by Gasteiger charge is -2.09. The first-order valence-corrected chi connectivity index (χ1v) is 3.95. The van der Waals surface area contributed by atoms with Gasteiger partial charge in [0, 0.05) is 12.8 Å². The molecule has 0 bridgehead atoms. The van der Waals surface area contributed by atoms with Gasteiger partial charge in [0.25, 0.3) is 0 Å². The normalized spacial score (nSPS) is 13.2. The molecule has 1 fully saturated rings. The highest BCUT2D eigenvalue weighted by Crippen LogP contribution is 2.12. The molecule has 1 aliphatic rings. The van der Waals surface area contributed by atoms with Crippen LogP contribution in [0.2, 0.25) is 0 Å². The zero-order valence-electron chi connectivity index (χ0n) is 7.56. The standard InChI is InChI=1S/C7H9NO4.CH2O.2CH4/c9-4-3-7(12)8-5(10)1-2-6(8)11;1-2;;/h9H,1-4H2;1H2;2*1H4. The summed E-state index contributed by atoms with van der Waals surface area (Å²) in [5.41, 5.74) is 0. The van der Waals surface area contributed by atoms with Crippen LogP contribution < -0.4 is 0 Å². The van der Waals surface area contributed by atoms with E-state index in [1.165, 1.54) is 0 Å². The van der Waals surface area contributed by atoms with Crippen LogP contribution in [0.5, 0.6) is 0 Å². The summed E-state index contributed by atoms with van der Waals surface area (Å²) >= 11 is 0. The number of carbonyl (C=O) groups is 4. The van der Waals surface area contributed by atoms with Gasteiger partial charge in [0.05, 0.1) is 13.0 Å². The van der Waals surface area contributed by atoms with Gasteiger partial charge in [-0.25, -0.2) is 4.90 Å². The minimum Gasteiger partial charge on any atom is -0.396 e. The summed E-state index contributed by atoms with van der Waals surface area (Å²) in [6.45, 7) is 1.66. The predicted molar refractivity (Wildman–Crippen MR) is 58.4 cm³/mol. The number of hydrogen-bond acceptors (Lipinski definition) is 5. The van der Waals surface area contributed by atoms with Crippen LogP contribution in [0.25, 0.3) is 0 Å². The van der Waals surface area contributed by atoms with E-state index in [-0.39, 0.29) is 40.7 Å². The molecule has 0 aromatic heterocycles. The smallest absolute Gasteiger partial charge is 0.238 e. The highest BCUT2D eigenvalue weighted by Gasteiger charge is 2.33. The van der Waals surface area contributed by atoms with Gasteiger partial charge in [-0.15, -0.1) is 0 Å². The summed E-state index contributed by atoms with van der Waals surface area (Å²) in [5.74, 6) is -1.53. The van der Waals surface area contributed by atoms with Gasteiger partial charge in [-0.3, -0.25) is 14.4 Å². The highest BCUT2D eigenvalue weighted by atomic mass is 16.3. The minimum absolute atomic E-state index is 0. The van der Waals surface area contributed by atoms with Crippen LogP contribution >= 0.6 is 0 Å². The lowest BCUT2D eigenvalue weighted by Crippen LogP contribution is -2.35. The molecule has 0 aromatic rings. The van der Waals surface area contributed by atoms with Crippen LogP contribution in [0, 0.1) is 0 Å². The van der Waals surface area contributed by atoms with Crippen molar-refractivity contribution in [3.63, 3.8) is 0 Å². The van der Waals surface area contributed by atoms with E-state index in [1.54, 1.807) is 0 Å². The maximum Gasteiger partial charge on any atom is 0.238 e. The zero-order chi connectivity index (χ0) is 11.1. The minimum atomic E-state index is -0.606. The number of hydrogen-bond donors (Lipinski definition) is 1. The summed E-state index contributed by atoms with van der Waals surface area (Å²) in [7, 11) is 0. The fourth-order valence-electron chi connectivity index (χ4n) is 1.06. The van der Waals surface area contributed by atoms with Crippen LogP contribution in [0.1, 0.15) is 34.1 Å². The van der Waals surface area contributed by atoms with Gasteiger partial charge in [0.1, 0.15) is 6.79 Å². The van der Waals surface area contributed by atoms with Crippen LogP contribution in [0.3, 0.4) is 0 Å². The molecule has 1 N–H and O–H groups in total. The third kappa shape index (κ3) is 4.79. The number of aliphatic hydroxyl groups excluding tert-OH is 1. The van der Waals surface area contributed by atoms with Gasteiger partial charge < -0.3 is 9.90 Å². The number of aliphatic hydroxyl groups is 1. The van der Waals surface area contributed by atoms with Crippen molar-refractivity contribution in [2.24, 2.45) is 0 Å². The van der Waals surface area contributed by atoms with Crippen molar-refractivity contribution in [1.82, 2.24) is 4.90 Å². The van der Waals surface area contributed by atoms with E-state index in [0.717, 1.165) is 0 Å². The molecule has 0 atom stereocenters. The van der Waals surface area contributed by atoms with E-state index < -0.39 is 17.7 Å². The molecular formula is C10H19NO5. The molecule has 0 aliphatic carbocycles. The predicted octanol–water partition coefficient (Wildman–Crippen LogP) is 0.132. The first-order chi connectivity index (χ1) is 6.66. The van der Waals surface area contributed by atoms with Crippen molar-refractivity contribution in [3.8, 4) is 0 Å². The molecule has 0 radical (unpaired) electrons. The Morgan fingerprint density at radius 2 is 1.56 bits per heavy atom. The van der Waals surface area contributed by atoms with Gasteiger partial charge in [0.2, 0.25) is 17.7 Å². The fourth-order valence-corrected chi connectivity index (χ4v) is 1.06. The number of likely N-dealkylation sites (tertiary alicyclic amines) is 1. The average molecular weight is 233 g/mol. The third-order valence-corrected chi connectivity index (χ3v) is 1.63. The third-order valence-electron chi connectivity index (χ3n) is 1.63. The Morgan fingerprint density at radius 3 is 1.88 bits per heavy atom. The Labute approximate surface area is 95.2 Å². The van der Waals surface area contributed by atoms with Gasteiger partial charge >= 0.3 is 0 Å². The van der Waals surface area contributed by atoms with Gasteiger partial charge in [-0.1, -0.05) is 14.9 Å². The van der Waals surface area contributed by atoms with E-state index in [0.29, 0.717) is 4.90 Å². The van der Waals surface area contributed by atoms with Crippen LogP contribution in [-0.4, -0.2) is 41.1 Å². The molecule has 1 rings (SSSR count). The Kier molecular flexibility index (Phi) is 12.4. The summed E-state index contributed by atoms with van der Waals surface area (Å²) in [5, 5.41) is 8.40. The van der Waals surface area contributed by atoms with E-state index in [4.69, 9.17) is 9.90 Å². The second-order valence-electron chi connectivity index (χ2n) is 2.49. The Morgan fingerprint density at radius 1 is 1.19 bits per heavy atom. The molecule has 0 saturated carbocycles. The molecule has 0 spiro atoms. The van der Waals surface area contributed by atoms with Crippen molar-refractivity contribution in [1.29, 1.82) is 0 Å². The quantitative estimate of drug-likeness (QED) is 0.684. The van der Waals surface area contributed by atoms with Gasteiger partial charge in [0.15, 0.2) is 0 Å². The van der Waals surface area contributed by atoms with E-state index >= 15 is 0 Å². The Bertz CT molecular complexity index is 236. The molecule has 0 unspecified atom stereocenters. The second kappa shape index (κ2) is 9.97. The zero-order valence-corrected chi connectivity index (χ0v) is 7.56. The number of rotatable bonds is 2. The topological polar surface area (TPSA) is 91.8 Å². The highest BCUT2D eigenvalue weighted by molar-refractivity contribution is 6.14. The Balaban J connectivity index is -0.000000399. The van der Waals surface area contributed by atoms with Crippen molar-refractivity contribution in [2.45, 2.75) is 34.1 Å². The SMILES string of the molecule is C.C.C=O.O=C(CCO)N1C(=O)CCC1=O. The van der Waals surface area contributed by atoms with Crippen molar-refractivity contribution >= 4 is 24.5 Å². The molecule has 1 aliphatic heterocycles. The molecule has 16 heavy (non-hydrogen) atoms. The lowest BCUT2D eigenvalue weighted by molar-refractivity contribution is -0.149. The van der Waals surface area contributed by atoms with E-state index in [9.17, 15) is 14.4 Å². The molecule has 94 valence electrons. The summed E-state index contributed by atoms with van der Waals surface area (Å²) in [6, 6.07) is 0. The second-order valence-corrected chi connectivity index (χ2v) is 2.49. The maximum atomic E-state index is 11.0. The summed E-state index contributed by atoms with van der Waals surface area (Å²) in [4.78, 5) is 41.4. The Hall–Kier alpha value is -1.56. The fraction of sp³-hybridized carbons (Fsp3) is 0.600. The lowest BCUT2D eigenvalue weighted by atomic mass is 10.4. The van der Waals surface area contributed by atoms with Crippen molar-refractivity contribution in [3.05, 3.63) is 0 Å². The van der Waals surface area contributed by atoms with Crippen LogP contribution in [0.15, 0.2) is 0 Å². The van der Waals surface area contributed by atoms with Crippen molar-refractivity contribution < 1.29 is 24.3 Å². The first-order valence-electron chi connectivity index (χ1n) is 3.95. The number of nitrogens with zero attached hydrogens (tertiary/aromatic N) is 1. The monoisotopic (exact) mass is 233 g/mol. The van der Waals surface area contributed by atoms with Gasteiger partial charge in [-0.2, -0.15) is 0 Å².